The van der Waals surface area contributed by atoms with Crippen LogP contribution in [0.1, 0.15) is 25.5 Å². The van der Waals surface area contributed by atoms with Gasteiger partial charge in [0.1, 0.15) is 5.82 Å². The molecule has 2 N–H and O–H groups in total. The zero-order valence-electron chi connectivity index (χ0n) is 14.3. The minimum atomic E-state index is -0.568. The van der Waals surface area contributed by atoms with Crippen molar-refractivity contribution in [2.24, 2.45) is 11.7 Å². The summed E-state index contributed by atoms with van der Waals surface area (Å²) in [6.07, 6.45) is 7.19. The van der Waals surface area contributed by atoms with Crippen molar-refractivity contribution >= 4 is 17.5 Å². The van der Waals surface area contributed by atoms with E-state index in [0.29, 0.717) is 17.4 Å². The number of hydrogen-bond acceptors (Lipinski definition) is 3. The first-order valence-electron chi connectivity index (χ1n) is 8.16. The second-order valence-electron chi connectivity index (χ2n) is 6.15. The molecule has 0 saturated heterocycles. The summed E-state index contributed by atoms with van der Waals surface area (Å²) in [6.45, 7) is 4.34. The Hall–Kier alpha value is -3.15. The normalized spacial score (nSPS) is 12.1. The van der Waals surface area contributed by atoms with Crippen LogP contribution in [0.3, 0.4) is 0 Å². The lowest BCUT2D eigenvalue weighted by molar-refractivity contribution is 0.256. The Balaban J connectivity index is 1.94. The molecule has 6 nitrogen and oxygen atoms in total. The van der Waals surface area contributed by atoms with Crippen LogP contribution < -0.4 is 10.6 Å². The van der Waals surface area contributed by atoms with Gasteiger partial charge in [-0.2, -0.15) is 0 Å². The molecule has 0 aliphatic heterocycles. The molecule has 2 heterocycles. The number of pyridine rings is 1. The summed E-state index contributed by atoms with van der Waals surface area (Å²) in [4.78, 5) is 21.7. The fraction of sp³-hybridized carbons (Fsp3) is 0.211. The zero-order valence-corrected chi connectivity index (χ0v) is 14.3. The molecule has 6 heteroatoms. The van der Waals surface area contributed by atoms with Crippen LogP contribution in [0.2, 0.25) is 0 Å². The summed E-state index contributed by atoms with van der Waals surface area (Å²) in [6, 6.07) is 12.8. The number of urea groups is 1. The molecule has 3 aromatic rings. The SMILES string of the molecule is CC(C)C(c1ccc(N(C(N)=O)c2ccccn2)cc1)n1ccnc1. The number of primary amides is 1. The number of imidazole rings is 1. The second-order valence-corrected chi connectivity index (χ2v) is 6.15. The summed E-state index contributed by atoms with van der Waals surface area (Å²) < 4.78 is 2.09. The number of nitrogens with two attached hydrogens (primary N) is 1. The van der Waals surface area contributed by atoms with Crippen molar-refractivity contribution in [2.75, 3.05) is 4.90 Å². The van der Waals surface area contributed by atoms with Gasteiger partial charge in [-0.05, 0) is 35.7 Å². The van der Waals surface area contributed by atoms with E-state index in [1.54, 1.807) is 24.5 Å². The van der Waals surface area contributed by atoms with Crippen molar-refractivity contribution < 1.29 is 4.79 Å². The van der Waals surface area contributed by atoms with E-state index in [4.69, 9.17) is 5.73 Å². The van der Waals surface area contributed by atoms with E-state index in [2.05, 4.69) is 28.4 Å². The van der Waals surface area contributed by atoms with Gasteiger partial charge in [0.2, 0.25) is 0 Å². The topological polar surface area (TPSA) is 77.0 Å². The summed E-state index contributed by atoms with van der Waals surface area (Å²) >= 11 is 0. The maximum Gasteiger partial charge on any atom is 0.325 e. The Morgan fingerprint density at radius 3 is 2.40 bits per heavy atom. The number of benzene rings is 1. The molecule has 0 aliphatic carbocycles. The van der Waals surface area contributed by atoms with Gasteiger partial charge in [0.15, 0.2) is 0 Å². The van der Waals surface area contributed by atoms with E-state index in [1.165, 1.54) is 4.90 Å². The Morgan fingerprint density at radius 1 is 1.12 bits per heavy atom. The van der Waals surface area contributed by atoms with Crippen LogP contribution in [0, 0.1) is 5.92 Å². The van der Waals surface area contributed by atoms with Crippen LogP contribution in [-0.2, 0) is 0 Å². The number of anilines is 2. The van der Waals surface area contributed by atoms with E-state index < -0.39 is 6.03 Å². The molecule has 25 heavy (non-hydrogen) atoms. The molecule has 0 saturated carbocycles. The molecule has 0 radical (unpaired) electrons. The number of carbonyl (C=O) groups excluding carboxylic acids is 1. The zero-order chi connectivity index (χ0) is 17.8. The third-order valence-electron chi connectivity index (χ3n) is 4.07. The monoisotopic (exact) mass is 335 g/mol. The lowest BCUT2D eigenvalue weighted by atomic mass is 9.95. The number of rotatable bonds is 5. The molecule has 3 rings (SSSR count). The van der Waals surface area contributed by atoms with E-state index in [9.17, 15) is 4.79 Å². The molecule has 0 bridgehead atoms. The van der Waals surface area contributed by atoms with Gasteiger partial charge in [0.25, 0.3) is 0 Å². The highest BCUT2D eigenvalue weighted by molar-refractivity contribution is 5.97. The lowest BCUT2D eigenvalue weighted by Crippen LogP contribution is -2.32. The van der Waals surface area contributed by atoms with E-state index in [0.717, 1.165) is 5.56 Å². The van der Waals surface area contributed by atoms with Gasteiger partial charge < -0.3 is 10.3 Å². The maximum absolute atomic E-state index is 11.9. The van der Waals surface area contributed by atoms with Crippen LogP contribution in [-0.4, -0.2) is 20.6 Å². The van der Waals surface area contributed by atoms with Crippen molar-refractivity contribution in [3.8, 4) is 0 Å². The van der Waals surface area contributed by atoms with Crippen molar-refractivity contribution in [3.63, 3.8) is 0 Å². The molecular formula is C19H21N5O. The van der Waals surface area contributed by atoms with Crippen molar-refractivity contribution in [1.82, 2.24) is 14.5 Å². The quantitative estimate of drug-likeness (QED) is 0.771. The number of amides is 2. The first kappa shape index (κ1) is 16.7. The van der Waals surface area contributed by atoms with Crippen LogP contribution >= 0.6 is 0 Å². The van der Waals surface area contributed by atoms with Gasteiger partial charge in [-0.15, -0.1) is 0 Å². The molecular weight excluding hydrogens is 314 g/mol. The molecule has 1 atom stereocenters. The number of aromatic nitrogens is 3. The summed E-state index contributed by atoms with van der Waals surface area (Å²) in [7, 11) is 0. The van der Waals surface area contributed by atoms with E-state index >= 15 is 0 Å². The Labute approximate surface area is 146 Å². The van der Waals surface area contributed by atoms with Crippen LogP contribution in [0.5, 0.6) is 0 Å². The fourth-order valence-electron chi connectivity index (χ4n) is 3.01. The molecule has 0 aliphatic rings. The first-order chi connectivity index (χ1) is 12.1. The molecule has 0 fully saturated rings. The van der Waals surface area contributed by atoms with Gasteiger partial charge >= 0.3 is 6.03 Å². The van der Waals surface area contributed by atoms with E-state index in [1.807, 2.05) is 42.9 Å². The highest BCUT2D eigenvalue weighted by Crippen LogP contribution is 2.29. The highest BCUT2D eigenvalue weighted by atomic mass is 16.2. The molecule has 1 unspecified atom stereocenters. The Kier molecular flexibility index (Phi) is 4.79. The fourth-order valence-corrected chi connectivity index (χ4v) is 3.01. The lowest BCUT2D eigenvalue weighted by Gasteiger charge is -2.24. The van der Waals surface area contributed by atoms with Gasteiger partial charge in [-0.1, -0.05) is 32.0 Å². The standard InChI is InChI=1S/C19H21N5O/c1-14(2)18(23-12-11-21-13-23)15-6-8-16(9-7-15)24(19(20)25)17-5-3-4-10-22-17/h3-14,18H,1-2H3,(H2,20,25). The smallest absolute Gasteiger partial charge is 0.325 e. The third kappa shape index (κ3) is 3.52. The molecule has 2 amide bonds. The van der Waals surface area contributed by atoms with Gasteiger partial charge in [0.05, 0.1) is 18.1 Å². The van der Waals surface area contributed by atoms with Crippen LogP contribution in [0.25, 0.3) is 0 Å². The van der Waals surface area contributed by atoms with Crippen molar-refractivity contribution in [1.29, 1.82) is 0 Å². The minimum absolute atomic E-state index is 0.174. The Bertz CT molecular complexity index is 813. The number of hydrogen-bond donors (Lipinski definition) is 1. The molecule has 1 aromatic carbocycles. The van der Waals surface area contributed by atoms with Gasteiger partial charge in [-0.3, -0.25) is 0 Å². The predicted molar refractivity (Wildman–Crippen MR) is 97.6 cm³/mol. The van der Waals surface area contributed by atoms with Crippen molar-refractivity contribution in [3.05, 3.63) is 72.9 Å². The summed E-state index contributed by atoms with van der Waals surface area (Å²) in [5, 5.41) is 0. The average Bonchev–Trinajstić information content (AvgIpc) is 3.11. The average molecular weight is 335 g/mol. The second kappa shape index (κ2) is 7.17. The predicted octanol–water partition coefficient (Wildman–Crippen LogP) is 3.74. The third-order valence-corrected chi connectivity index (χ3v) is 4.07. The Morgan fingerprint density at radius 2 is 1.88 bits per heavy atom. The van der Waals surface area contributed by atoms with Crippen LogP contribution in [0.4, 0.5) is 16.3 Å². The van der Waals surface area contributed by atoms with Gasteiger partial charge in [0, 0.05) is 18.6 Å². The largest absolute Gasteiger partial charge is 0.351 e. The molecule has 2 aromatic heterocycles. The number of carbonyl (C=O) groups is 1. The molecule has 0 spiro atoms. The highest BCUT2D eigenvalue weighted by Gasteiger charge is 2.20. The number of nitrogens with zero attached hydrogens (tertiary/aromatic N) is 4. The first-order valence-corrected chi connectivity index (χ1v) is 8.16. The van der Waals surface area contributed by atoms with Crippen molar-refractivity contribution in [2.45, 2.75) is 19.9 Å². The summed E-state index contributed by atoms with van der Waals surface area (Å²) in [5.74, 6) is 0.890. The summed E-state index contributed by atoms with van der Waals surface area (Å²) in [5.41, 5.74) is 7.38. The van der Waals surface area contributed by atoms with Crippen LogP contribution in [0.15, 0.2) is 67.4 Å². The maximum atomic E-state index is 11.9. The minimum Gasteiger partial charge on any atom is -0.351 e. The van der Waals surface area contributed by atoms with Gasteiger partial charge in [-0.25, -0.2) is 19.7 Å². The molecule has 128 valence electrons. The van der Waals surface area contributed by atoms with E-state index in [-0.39, 0.29) is 6.04 Å².